The van der Waals surface area contributed by atoms with Crippen molar-refractivity contribution in [3.8, 4) is 22.8 Å². The second-order valence-corrected chi connectivity index (χ2v) is 29.0. The minimum absolute atomic E-state index is 0.0158. The van der Waals surface area contributed by atoms with Crippen molar-refractivity contribution < 1.29 is 37.4 Å². The van der Waals surface area contributed by atoms with Crippen LogP contribution in [0.5, 0.6) is 5.75 Å². The molecule has 6 aromatic heterocycles. The number of ketones is 3. The monoisotopic (exact) mass is 1360 g/mol. The van der Waals surface area contributed by atoms with E-state index < -0.39 is 9.84 Å². The number of ether oxygens (including phenoxy) is 2. The third-order valence-corrected chi connectivity index (χ3v) is 19.7. The van der Waals surface area contributed by atoms with Crippen LogP contribution in [0.2, 0.25) is 10.0 Å². The van der Waals surface area contributed by atoms with Crippen LogP contribution >= 0.6 is 23.2 Å². The highest BCUT2D eigenvalue weighted by Gasteiger charge is 2.30. The van der Waals surface area contributed by atoms with E-state index in [1.807, 2.05) is 111 Å². The molecule has 0 atom stereocenters. The number of carbonyl (C=O) groups excluding carboxylic acids is 3. The number of nitrogens with zero attached hydrogens (tertiary/aromatic N) is 11. The number of rotatable bonds is 21. The molecule has 1 N–H and O–H groups in total. The second-order valence-electron chi connectivity index (χ2n) is 25.9. The van der Waals surface area contributed by atoms with Gasteiger partial charge in [-0.05, 0) is 203 Å². The SMILES string of the molecule is COCCOc1cnc2c(C(=O)CN3CCCCC3)c(C)n(-c3ccc(Cl)cc3)c2c1.Cc1c(C(=O)CN2CCC(O)CC2)c2ncc(CCS(C)(=O)=O)cc2n1-c1ccc(Cl)cc1.[C-]#[N+]c1ccc(-n2c(C)c(C(=O)CN3CCC(CN(C)C)CC3)c3ncc(C)cc32)cc1. The van der Waals surface area contributed by atoms with Gasteiger partial charge < -0.3 is 33.2 Å². The summed E-state index contributed by atoms with van der Waals surface area (Å²) < 4.78 is 40.3. The van der Waals surface area contributed by atoms with Gasteiger partial charge in [-0.15, -0.1) is 0 Å². The van der Waals surface area contributed by atoms with Gasteiger partial charge in [0, 0.05) is 95.6 Å². The zero-order valence-electron chi connectivity index (χ0n) is 56.3. The van der Waals surface area contributed by atoms with Crippen molar-refractivity contribution in [3.05, 3.63) is 176 Å². The fourth-order valence-electron chi connectivity index (χ4n) is 13.5. The number of aryl methyl sites for hydroxylation is 2. The Kier molecular flexibility index (Phi) is 23.8. The smallest absolute Gasteiger partial charge is 0.187 e. The van der Waals surface area contributed by atoms with Gasteiger partial charge in [-0.1, -0.05) is 41.8 Å². The molecule has 22 heteroatoms. The first-order chi connectivity index (χ1) is 46.1. The molecule has 3 saturated heterocycles. The van der Waals surface area contributed by atoms with Gasteiger partial charge in [-0.2, -0.15) is 0 Å². The average Bonchev–Trinajstić information content (AvgIpc) is 1.67. The number of aromatic nitrogens is 6. The first-order valence-corrected chi connectivity index (χ1v) is 35.8. The van der Waals surface area contributed by atoms with Crippen LogP contribution in [0.4, 0.5) is 5.69 Å². The Morgan fingerprint density at radius 2 is 1.04 bits per heavy atom. The lowest BCUT2D eigenvalue weighted by Crippen LogP contribution is -2.39. The molecule has 12 rings (SSSR count). The number of halogens is 2. The molecule has 0 amide bonds. The predicted molar refractivity (Wildman–Crippen MR) is 382 cm³/mol. The molecular weight excluding hydrogens is 1270 g/mol. The van der Waals surface area contributed by atoms with E-state index >= 15 is 0 Å². The van der Waals surface area contributed by atoms with Crippen LogP contribution in [0, 0.1) is 40.2 Å². The van der Waals surface area contributed by atoms with Gasteiger partial charge in [0.1, 0.15) is 22.2 Å². The topological polar surface area (TPSA) is 195 Å². The van der Waals surface area contributed by atoms with Gasteiger partial charge in [-0.25, -0.2) is 18.2 Å². The van der Waals surface area contributed by atoms with Crippen LogP contribution < -0.4 is 4.74 Å². The van der Waals surface area contributed by atoms with Crippen molar-refractivity contribution in [2.24, 2.45) is 5.92 Å². The molecule has 506 valence electrons. The number of piperidine rings is 3. The Labute approximate surface area is 573 Å². The molecule has 0 saturated carbocycles. The first kappa shape index (κ1) is 71.1. The summed E-state index contributed by atoms with van der Waals surface area (Å²) in [6.45, 7) is 23.5. The number of methoxy groups -OCH3 is 1. The van der Waals surface area contributed by atoms with E-state index in [-0.39, 0.29) is 35.8 Å². The Morgan fingerprint density at radius 1 is 0.604 bits per heavy atom. The Morgan fingerprint density at radius 3 is 1.51 bits per heavy atom. The summed E-state index contributed by atoms with van der Waals surface area (Å²) in [6.07, 6.45) is 13.6. The maximum absolute atomic E-state index is 13.5. The lowest BCUT2D eigenvalue weighted by Gasteiger charge is -2.32. The molecule has 0 aliphatic carbocycles. The standard InChI is InChI=1S/C26H31N5O.C24H28ClN3O4S.C24H28ClN3O3/c1-18-14-23-26(28-15-18)25(19(2)31(23)22-8-6-21(27-3)7-9-22)24(32)17-30-12-10-20(11-13-30)16-29(4)5;1-16-23(22(30)15-27-10-7-20(29)8-11-27)24-21(28(16)19-5-3-18(25)4-6-19)13-17(14-26-24)9-12-33(2,31)32;1-17-23(22(29)16-27-10-4-3-5-11-27)24-21(14-20(15-26-24)31-13-12-30-2)28(17)19-8-6-18(25)7-9-19/h6-9,14-15,20H,10-13,16-17H2,1-2,4-5H3;3-6,13-14,20,29H,7-12,15H2,1-2H3;6-9,14-15H,3-5,10-13,16H2,1-2H3. The molecule has 0 spiro atoms. The minimum Gasteiger partial charge on any atom is -0.489 e. The molecule has 3 aliphatic heterocycles. The highest BCUT2D eigenvalue weighted by atomic mass is 35.5. The summed E-state index contributed by atoms with van der Waals surface area (Å²) in [7, 11) is 2.78. The second kappa shape index (κ2) is 32.1. The number of fused-ring (bicyclic) bond motifs is 3. The molecule has 0 unspecified atom stereocenters. The third kappa shape index (κ3) is 17.3. The van der Waals surface area contributed by atoms with Crippen molar-refractivity contribution in [2.75, 3.05) is 112 Å². The lowest BCUT2D eigenvalue weighted by atomic mass is 9.96. The fourth-order valence-corrected chi connectivity index (χ4v) is 14.3. The normalized spacial score (nSPS) is 15.4. The molecule has 3 aliphatic rings. The molecule has 9 heterocycles. The number of aliphatic hydroxyl groups is 1. The zero-order chi connectivity index (χ0) is 68.4. The average molecular weight is 1360 g/mol. The van der Waals surface area contributed by atoms with E-state index in [1.54, 1.807) is 31.6 Å². The molecule has 0 bridgehead atoms. The zero-order valence-corrected chi connectivity index (χ0v) is 58.6. The van der Waals surface area contributed by atoms with Crippen molar-refractivity contribution >= 4 is 89.2 Å². The van der Waals surface area contributed by atoms with Gasteiger partial charge in [0.2, 0.25) is 0 Å². The molecule has 3 aromatic carbocycles. The molecule has 3 fully saturated rings. The maximum Gasteiger partial charge on any atom is 0.187 e. The van der Waals surface area contributed by atoms with E-state index in [2.05, 4.69) is 68.7 Å². The summed E-state index contributed by atoms with van der Waals surface area (Å²) in [6, 6.07) is 28.4. The van der Waals surface area contributed by atoms with Gasteiger partial charge in [0.05, 0.1) is 101 Å². The highest BCUT2D eigenvalue weighted by Crippen LogP contribution is 2.35. The van der Waals surface area contributed by atoms with Crippen molar-refractivity contribution in [1.82, 2.24) is 48.3 Å². The number of benzene rings is 3. The van der Waals surface area contributed by atoms with Crippen LogP contribution in [-0.2, 0) is 21.0 Å². The highest BCUT2D eigenvalue weighted by molar-refractivity contribution is 7.90. The summed E-state index contributed by atoms with van der Waals surface area (Å²) in [5.41, 5.74) is 14.3. The first-order valence-electron chi connectivity index (χ1n) is 32.9. The number of hydrogen-bond donors (Lipinski definition) is 1. The summed E-state index contributed by atoms with van der Waals surface area (Å²) in [5, 5.41) is 11.0. The van der Waals surface area contributed by atoms with Gasteiger partial charge in [-0.3, -0.25) is 39.1 Å². The maximum atomic E-state index is 13.5. The van der Waals surface area contributed by atoms with Gasteiger partial charge >= 0.3 is 0 Å². The number of hydrogen-bond acceptors (Lipinski definition) is 15. The predicted octanol–water partition coefficient (Wildman–Crippen LogP) is 12.5. The van der Waals surface area contributed by atoms with Crippen LogP contribution in [0.25, 0.3) is 55.0 Å². The van der Waals surface area contributed by atoms with E-state index in [0.717, 1.165) is 126 Å². The van der Waals surface area contributed by atoms with Crippen LogP contribution in [0.15, 0.2) is 110 Å². The van der Waals surface area contributed by atoms with Gasteiger partial charge in [0.15, 0.2) is 23.0 Å². The largest absolute Gasteiger partial charge is 0.489 e. The van der Waals surface area contributed by atoms with E-state index in [9.17, 15) is 27.9 Å². The van der Waals surface area contributed by atoms with Crippen molar-refractivity contribution in [1.29, 1.82) is 0 Å². The number of carbonyl (C=O) groups is 3. The number of Topliss-reactive ketones (excluding diaryl/α,β-unsaturated/α-hetero) is 3. The fraction of sp³-hybridized carbons (Fsp3) is 0.419. The van der Waals surface area contributed by atoms with Crippen LogP contribution in [0.1, 0.15) is 104 Å². The Balaban J connectivity index is 0.000000157. The van der Waals surface area contributed by atoms with Crippen LogP contribution in [0.3, 0.4) is 0 Å². The molecule has 96 heavy (non-hydrogen) atoms. The van der Waals surface area contributed by atoms with Gasteiger partial charge in [0.25, 0.3) is 0 Å². The summed E-state index contributed by atoms with van der Waals surface area (Å²) >= 11 is 12.2. The number of aliphatic hydroxyl groups excluding tert-OH is 1. The summed E-state index contributed by atoms with van der Waals surface area (Å²) in [4.78, 5) is 66.6. The minimum atomic E-state index is -3.11. The quantitative estimate of drug-likeness (QED) is 0.0405. The van der Waals surface area contributed by atoms with Crippen LogP contribution in [-0.4, -0.2) is 197 Å². The van der Waals surface area contributed by atoms with E-state index in [4.69, 9.17) is 39.2 Å². The lowest BCUT2D eigenvalue weighted by molar-refractivity contribution is 0.0711. The van der Waals surface area contributed by atoms with E-state index in [0.29, 0.717) is 114 Å². The number of sulfone groups is 1. The number of pyridine rings is 3. The summed E-state index contributed by atoms with van der Waals surface area (Å²) in [5.74, 6) is 1.62. The van der Waals surface area contributed by atoms with E-state index in [1.165, 1.54) is 12.7 Å². The third-order valence-electron chi connectivity index (χ3n) is 18.3. The molecular formula is C74H87Cl2N11O8S. The Bertz CT molecular complexity index is 4390. The Hall–Kier alpha value is -7.68. The van der Waals surface area contributed by atoms with Crippen molar-refractivity contribution in [2.45, 2.75) is 85.2 Å². The number of likely N-dealkylation sites (tertiary alicyclic amines) is 3. The molecule has 9 aromatic rings. The van der Waals surface area contributed by atoms with Crippen molar-refractivity contribution in [3.63, 3.8) is 0 Å². The molecule has 0 radical (unpaired) electrons. The molecule has 19 nitrogen and oxygen atoms in total.